The Morgan fingerprint density at radius 1 is 0.390 bits per heavy atom. The van der Waals surface area contributed by atoms with Gasteiger partial charge in [0.15, 0.2) is 0 Å². The first-order valence-corrected chi connectivity index (χ1v) is 13.8. The van der Waals surface area contributed by atoms with Gasteiger partial charge in [0.05, 0.1) is 5.39 Å². The Morgan fingerprint density at radius 2 is 1.12 bits per heavy atom. The molecule has 1 aromatic heterocycles. The van der Waals surface area contributed by atoms with Crippen molar-refractivity contribution in [2.75, 3.05) is 4.90 Å². The van der Waals surface area contributed by atoms with Crippen LogP contribution in [0.3, 0.4) is 0 Å². The summed E-state index contributed by atoms with van der Waals surface area (Å²) in [7, 11) is 0. The number of para-hydroxylation sites is 1. The molecule has 0 saturated heterocycles. The number of nitrogens with zero attached hydrogens (tertiary/aromatic N) is 1. The summed E-state index contributed by atoms with van der Waals surface area (Å²) in [5, 5.41) is 6.94. The van der Waals surface area contributed by atoms with Gasteiger partial charge in [-0.1, -0.05) is 78.9 Å². The van der Waals surface area contributed by atoms with Gasteiger partial charge in [0.25, 0.3) is 0 Å². The molecule has 192 valence electrons. The van der Waals surface area contributed by atoms with Crippen LogP contribution in [0.2, 0.25) is 0 Å². The quantitative estimate of drug-likeness (QED) is 0.228. The van der Waals surface area contributed by atoms with Crippen LogP contribution >= 0.6 is 0 Å². The van der Waals surface area contributed by atoms with Crippen LogP contribution < -0.4 is 9.64 Å². The van der Waals surface area contributed by atoms with Gasteiger partial charge in [0.1, 0.15) is 22.7 Å². The minimum absolute atomic E-state index is 0.841. The largest absolute Gasteiger partial charge is 0.456 e. The summed E-state index contributed by atoms with van der Waals surface area (Å²) in [6.45, 7) is 0. The molecule has 7 aromatic carbocycles. The Labute approximate surface area is 236 Å². The number of benzene rings is 7. The molecular weight excluding hydrogens is 502 g/mol. The average Bonchev–Trinajstić information content (AvgIpc) is 3.42. The van der Waals surface area contributed by atoms with E-state index in [4.69, 9.17) is 9.15 Å². The second kappa shape index (κ2) is 8.48. The van der Waals surface area contributed by atoms with Crippen LogP contribution in [0.1, 0.15) is 0 Å². The maximum atomic E-state index is 6.45. The van der Waals surface area contributed by atoms with Crippen molar-refractivity contribution in [1.29, 1.82) is 0 Å². The molecule has 3 nitrogen and oxygen atoms in total. The SMILES string of the molecule is c1ccc(N(c2ccc(-c3cc4c5c(c3)oc3ccc6cccc(c6c35)O4)cc2)c2ccc3ccccc3c2)cc1. The van der Waals surface area contributed by atoms with Gasteiger partial charge >= 0.3 is 0 Å². The number of hydrogen-bond acceptors (Lipinski definition) is 3. The minimum atomic E-state index is 0.841. The van der Waals surface area contributed by atoms with E-state index in [0.29, 0.717) is 0 Å². The zero-order valence-electron chi connectivity index (χ0n) is 22.0. The zero-order valence-corrected chi connectivity index (χ0v) is 22.0. The van der Waals surface area contributed by atoms with E-state index in [1.54, 1.807) is 0 Å². The van der Waals surface area contributed by atoms with Crippen LogP contribution in [0.15, 0.2) is 144 Å². The highest BCUT2D eigenvalue weighted by molar-refractivity contribution is 6.24. The van der Waals surface area contributed by atoms with Gasteiger partial charge in [-0.05, 0) is 87.9 Å². The van der Waals surface area contributed by atoms with Crippen molar-refractivity contribution < 1.29 is 9.15 Å². The van der Waals surface area contributed by atoms with E-state index >= 15 is 0 Å². The first-order valence-electron chi connectivity index (χ1n) is 13.8. The van der Waals surface area contributed by atoms with Crippen molar-refractivity contribution in [3.63, 3.8) is 0 Å². The van der Waals surface area contributed by atoms with Crippen molar-refractivity contribution >= 4 is 60.5 Å². The lowest BCUT2D eigenvalue weighted by atomic mass is 9.97. The Balaban J connectivity index is 1.16. The molecule has 0 atom stereocenters. The molecule has 0 aliphatic carbocycles. The molecule has 0 unspecified atom stereocenters. The zero-order chi connectivity index (χ0) is 26.9. The highest BCUT2D eigenvalue weighted by atomic mass is 16.5. The van der Waals surface area contributed by atoms with Gasteiger partial charge in [-0.3, -0.25) is 0 Å². The third kappa shape index (κ3) is 3.39. The van der Waals surface area contributed by atoms with Crippen molar-refractivity contribution in [2.24, 2.45) is 0 Å². The molecular formula is C38H23NO2. The van der Waals surface area contributed by atoms with E-state index < -0.39 is 0 Å². The number of anilines is 3. The van der Waals surface area contributed by atoms with Crippen molar-refractivity contribution in [3.05, 3.63) is 140 Å². The second-order valence-electron chi connectivity index (χ2n) is 10.6. The van der Waals surface area contributed by atoms with Crippen LogP contribution in [-0.4, -0.2) is 0 Å². The average molecular weight is 526 g/mol. The van der Waals surface area contributed by atoms with Gasteiger partial charge in [0, 0.05) is 27.8 Å². The fraction of sp³-hybridized carbons (Fsp3) is 0. The van der Waals surface area contributed by atoms with Crippen LogP contribution in [-0.2, 0) is 0 Å². The highest BCUT2D eigenvalue weighted by Crippen LogP contribution is 2.49. The monoisotopic (exact) mass is 525 g/mol. The Kier molecular flexibility index (Phi) is 4.61. The maximum absolute atomic E-state index is 6.45. The summed E-state index contributed by atoms with van der Waals surface area (Å²) in [5.74, 6) is 1.72. The van der Waals surface area contributed by atoms with Crippen molar-refractivity contribution in [3.8, 4) is 22.6 Å². The molecule has 8 aromatic rings. The summed E-state index contributed by atoms with van der Waals surface area (Å²) in [6.07, 6.45) is 0. The third-order valence-corrected chi connectivity index (χ3v) is 8.19. The fourth-order valence-electron chi connectivity index (χ4n) is 6.29. The fourth-order valence-corrected chi connectivity index (χ4v) is 6.29. The van der Waals surface area contributed by atoms with Crippen LogP contribution in [0.25, 0.3) is 54.6 Å². The number of rotatable bonds is 4. The summed E-state index contributed by atoms with van der Waals surface area (Å²) in [6, 6.07) is 49.0. The van der Waals surface area contributed by atoms with E-state index in [-0.39, 0.29) is 0 Å². The van der Waals surface area contributed by atoms with Gasteiger partial charge in [-0.15, -0.1) is 0 Å². The third-order valence-electron chi connectivity index (χ3n) is 8.19. The number of fused-ring (bicyclic) bond motifs is 1. The molecule has 0 bridgehead atoms. The number of ether oxygens (including phenoxy) is 1. The minimum Gasteiger partial charge on any atom is -0.456 e. The predicted molar refractivity (Wildman–Crippen MR) is 169 cm³/mol. The molecule has 0 fully saturated rings. The normalized spacial score (nSPS) is 12.1. The Hall–Kier alpha value is -5.54. The topological polar surface area (TPSA) is 25.6 Å². The standard InChI is InChI=1S/C38H23NO2/c1-2-10-29(11-3-1)39(31-19-15-24-7-4-5-8-27(24)21-31)30-17-13-25(14-18-30)28-22-34-37-35(23-28)41-33-20-16-26-9-6-12-32(40-34)36(26)38(33)37/h1-23H. The maximum Gasteiger partial charge on any atom is 0.139 e. The van der Waals surface area contributed by atoms with Crippen LogP contribution in [0.4, 0.5) is 17.1 Å². The summed E-state index contributed by atoms with van der Waals surface area (Å²) in [5.41, 5.74) is 7.23. The van der Waals surface area contributed by atoms with Crippen LogP contribution in [0.5, 0.6) is 11.5 Å². The molecule has 1 aliphatic rings. The van der Waals surface area contributed by atoms with Crippen molar-refractivity contribution in [2.45, 2.75) is 0 Å². The lowest BCUT2D eigenvalue weighted by Crippen LogP contribution is -2.09. The molecule has 3 heteroatoms. The smallest absolute Gasteiger partial charge is 0.139 e. The lowest BCUT2D eigenvalue weighted by Gasteiger charge is -2.26. The first-order chi connectivity index (χ1) is 20.3. The van der Waals surface area contributed by atoms with E-state index in [9.17, 15) is 0 Å². The highest BCUT2D eigenvalue weighted by Gasteiger charge is 2.23. The molecule has 9 rings (SSSR count). The lowest BCUT2D eigenvalue weighted by molar-refractivity contribution is 0.493. The molecule has 0 amide bonds. The Bertz CT molecular complexity index is 2280. The van der Waals surface area contributed by atoms with E-state index in [1.807, 2.05) is 12.1 Å². The number of furan rings is 1. The number of hydrogen-bond donors (Lipinski definition) is 0. The van der Waals surface area contributed by atoms with Gasteiger partial charge < -0.3 is 14.1 Å². The van der Waals surface area contributed by atoms with Gasteiger partial charge in [-0.25, -0.2) is 0 Å². The molecule has 0 saturated carbocycles. The predicted octanol–water partition coefficient (Wildman–Crippen LogP) is 11.1. The molecule has 2 heterocycles. The summed E-state index contributed by atoms with van der Waals surface area (Å²) >= 11 is 0. The second-order valence-corrected chi connectivity index (χ2v) is 10.6. The Morgan fingerprint density at radius 3 is 2.00 bits per heavy atom. The van der Waals surface area contributed by atoms with Gasteiger partial charge in [0.2, 0.25) is 0 Å². The molecule has 41 heavy (non-hydrogen) atoms. The first kappa shape index (κ1) is 22.3. The molecule has 0 N–H and O–H groups in total. The van der Waals surface area contributed by atoms with E-state index in [0.717, 1.165) is 72.4 Å². The van der Waals surface area contributed by atoms with Crippen LogP contribution in [0, 0.1) is 0 Å². The van der Waals surface area contributed by atoms with E-state index in [2.05, 4.69) is 132 Å². The van der Waals surface area contributed by atoms with Gasteiger partial charge in [-0.2, -0.15) is 0 Å². The molecule has 1 aliphatic heterocycles. The van der Waals surface area contributed by atoms with Crippen molar-refractivity contribution in [1.82, 2.24) is 0 Å². The molecule has 0 spiro atoms. The summed E-state index contributed by atoms with van der Waals surface area (Å²) < 4.78 is 12.8. The molecule has 0 radical (unpaired) electrons. The van der Waals surface area contributed by atoms with E-state index in [1.165, 1.54) is 10.8 Å². The summed E-state index contributed by atoms with van der Waals surface area (Å²) in [4.78, 5) is 2.30.